The molecule has 0 aliphatic heterocycles. The SMILES string of the molecule is O=[Si]([O-])O[Si](=O)[O-].O=[Si]([O-])O[Si](=O)[O-].O=[Si]([O-])O[Si](=O)[O-].[Ca+2].[Ca+2].[Ca+2].[Ca+2].[Ca+2].[Ca+2].[O-2].[O-2].[OH-].[OH-]. The van der Waals surface area contributed by atoms with Gasteiger partial charge in [0.1, 0.15) is 0 Å². The van der Waals surface area contributed by atoms with Gasteiger partial charge in [0.15, 0.2) is 0 Å². The Morgan fingerprint density at radius 1 is 0.355 bits per heavy atom. The van der Waals surface area contributed by atoms with Gasteiger partial charge >= 0.3 is 281 Å². The first kappa shape index (κ1) is 83.3. The zero-order valence-corrected chi connectivity index (χ0v) is 34.3. The minimum absolute atomic E-state index is 0. The molecule has 0 unspecified atom stereocenters. The van der Waals surface area contributed by atoms with Gasteiger partial charge in [-0.25, -0.2) is 0 Å². The van der Waals surface area contributed by atoms with E-state index >= 15 is 0 Å². The van der Waals surface area contributed by atoms with Crippen LogP contribution >= 0.6 is 0 Å². The molecular formula is H2Ca6O19Si6. The fourth-order valence-electron chi connectivity index (χ4n) is 0.204. The summed E-state index contributed by atoms with van der Waals surface area (Å²) in [5.41, 5.74) is 0. The predicted octanol–water partition coefficient (Wildman–Crippen LogP) is -13.2. The molecule has 0 aromatic heterocycles. The van der Waals surface area contributed by atoms with E-state index in [0.717, 1.165) is 0 Å². The van der Waals surface area contributed by atoms with Crippen LogP contribution in [0.2, 0.25) is 0 Å². The van der Waals surface area contributed by atoms with E-state index < -0.39 is 55.0 Å². The van der Waals surface area contributed by atoms with Crippen molar-refractivity contribution < 1.29 is 89.8 Å². The average Bonchev–Trinajstić information content (AvgIpc) is 2.10. The van der Waals surface area contributed by atoms with Gasteiger partial charge in [-0.15, -0.1) is 0 Å². The molecule has 0 aromatic carbocycles. The molecule has 19 nitrogen and oxygen atoms in total. The van der Waals surface area contributed by atoms with Crippen LogP contribution in [0.4, 0.5) is 0 Å². The third kappa shape index (κ3) is 129. The zero-order valence-electron chi connectivity index (χ0n) is 15.1. The molecule has 0 saturated heterocycles. The normalized spacial score (nSPS) is 5.03. The smallest absolute Gasteiger partial charge is 2.00 e. The molecule has 0 fully saturated rings. The third-order valence-corrected chi connectivity index (χ3v) is 4.50. The molecule has 0 bridgehead atoms. The van der Waals surface area contributed by atoms with Crippen LogP contribution < -0.4 is 28.8 Å². The Hall–Kier alpha value is 5.70. The first-order valence-electron chi connectivity index (χ1n) is 3.67. The topological polar surface area (TPSA) is 385 Å². The van der Waals surface area contributed by atoms with Crippen LogP contribution in [-0.4, -0.2) is 292 Å². The molecule has 0 aliphatic rings. The monoisotopic (exact) mass is 714 g/mol. The summed E-state index contributed by atoms with van der Waals surface area (Å²) in [6.45, 7) is 0. The van der Waals surface area contributed by atoms with Crippen molar-refractivity contribution in [3.63, 3.8) is 0 Å². The Morgan fingerprint density at radius 2 is 0.419 bits per heavy atom. The summed E-state index contributed by atoms with van der Waals surface area (Å²) >= 11 is 0. The van der Waals surface area contributed by atoms with Gasteiger partial charge in [0.2, 0.25) is 0 Å². The summed E-state index contributed by atoms with van der Waals surface area (Å²) in [4.78, 5) is 55.7. The molecule has 0 radical (unpaired) electrons. The standard InChI is InChI=1S/6Ca.3O5Si2.2H2O.2O/c;;;;;;3*1-6(2)5-7(3)4;;;;/h;;;;;;;;;2*1H2;;/q6*+2;3*-2;;;2*-2/p-2. The van der Waals surface area contributed by atoms with Gasteiger partial charge in [0.25, 0.3) is 0 Å². The average molecular weight is 715 g/mol. The molecule has 0 rings (SSSR count). The van der Waals surface area contributed by atoms with Gasteiger partial charge in [-0.3, -0.25) is 0 Å². The Labute approximate surface area is 362 Å². The van der Waals surface area contributed by atoms with Crippen molar-refractivity contribution in [3.05, 3.63) is 0 Å². The van der Waals surface area contributed by atoms with Crippen LogP contribution in [0.1, 0.15) is 0 Å². The van der Waals surface area contributed by atoms with Crippen LogP contribution in [-0.2, 0) is 50.1 Å². The van der Waals surface area contributed by atoms with Gasteiger partial charge in [0.05, 0.1) is 0 Å². The van der Waals surface area contributed by atoms with Gasteiger partial charge in [-0.1, -0.05) is 0 Å². The summed E-state index contributed by atoms with van der Waals surface area (Å²) in [6.07, 6.45) is 0. The molecule has 0 heterocycles. The fraction of sp³-hybridized carbons (Fsp3) is 0. The largest absolute Gasteiger partial charge is 2.00 e. The van der Waals surface area contributed by atoms with Crippen molar-refractivity contribution in [2.75, 3.05) is 0 Å². The van der Waals surface area contributed by atoms with E-state index in [9.17, 15) is 55.5 Å². The molecule has 0 aliphatic carbocycles. The maximum Gasteiger partial charge on any atom is 2.00 e. The molecule has 0 amide bonds. The molecule has 31 heavy (non-hydrogen) atoms. The van der Waals surface area contributed by atoms with Crippen LogP contribution in [0.25, 0.3) is 0 Å². The van der Waals surface area contributed by atoms with E-state index in [-0.39, 0.29) is 248 Å². The maximum absolute atomic E-state index is 9.29. The van der Waals surface area contributed by atoms with Crippen LogP contribution in [0.5, 0.6) is 0 Å². The summed E-state index contributed by atoms with van der Waals surface area (Å²) in [7, 11) is -21.1. The maximum atomic E-state index is 9.29. The van der Waals surface area contributed by atoms with Crippen molar-refractivity contribution in [1.82, 2.24) is 0 Å². The summed E-state index contributed by atoms with van der Waals surface area (Å²) in [5, 5.41) is 0. The summed E-state index contributed by atoms with van der Waals surface area (Å²) < 4.78 is 65.4. The van der Waals surface area contributed by atoms with E-state index in [2.05, 4.69) is 12.3 Å². The second-order valence-electron chi connectivity index (χ2n) is 1.81. The minimum Gasteiger partial charge on any atom is -2.00 e. The zero-order chi connectivity index (χ0) is 17.6. The van der Waals surface area contributed by atoms with Crippen molar-refractivity contribution in [3.8, 4) is 0 Å². The van der Waals surface area contributed by atoms with E-state index in [1.54, 1.807) is 0 Å². The first-order valence-corrected chi connectivity index (χ1v) is 11.0. The van der Waals surface area contributed by atoms with E-state index in [1.807, 2.05) is 0 Å². The summed E-state index contributed by atoms with van der Waals surface area (Å²) in [5.74, 6) is 0. The van der Waals surface area contributed by atoms with Gasteiger partial charge in [-0.05, 0) is 0 Å². The second-order valence-corrected chi connectivity index (χ2v) is 7.26. The first-order chi connectivity index (χ1) is 9.38. The Kier molecular flexibility index (Phi) is 162. The molecule has 0 spiro atoms. The van der Waals surface area contributed by atoms with Crippen LogP contribution in [0, 0.1) is 0 Å². The molecule has 31 heteroatoms. The van der Waals surface area contributed by atoms with E-state index in [0.29, 0.717) is 0 Å². The molecule has 152 valence electrons. The molecular weight excluding hydrogens is 713 g/mol. The summed E-state index contributed by atoms with van der Waals surface area (Å²) in [6, 6.07) is 0. The van der Waals surface area contributed by atoms with Crippen molar-refractivity contribution in [1.29, 1.82) is 0 Å². The Bertz CT molecular complexity index is 332. The van der Waals surface area contributed by atoms with Crippen molar-refractivity contribution >= 4 is 281 Å². The second kappa shape index (κ2) is 60.3. The van der Waals surface area contributed by atoms with E-state index in [4.69, 9.17) is 0 Å². The predicted molar refractivity (Wildman–Crippen MR) is 81.7 cm³/mol. The molecule has 0 atom stereocenters. The number of rotatable bonds is 6. The van der Waals surface area contributed by atoms with Crippen LogP contribution in [0.3, 0.4) is 0 Å². The molecule has 0 saturated carbocycles. The van der Waals surface area contributed by atoms with Gasteiger partial charge < -0.3 is 89.8 Å². The quantitative estimate of drug-likeness (QED) is 0.230. The van der Waals surface area contributed by atoms with Crippen LogP contribution in [0.15, 0.2) is 0 Å². The van der Waals surface area contributed by atoms with Gasteiger partial charge in [0, 0.05) is 0 Å². The Balaban J connectivity index is -0.0000000123. The Morgan fingerprint density at radius 3 is 0.419 bits per heavy atom. The molecule has 0 aromatic rings. The fourth-order valence-corrected chi connectivity index (χ4v) is 1.84. The third-order valence-electron chi connectivity index (χ3n) is 0.500. The van der Waals surface area contributed by atoms with E-state index in [1.165, 1.54) is 0 Å². The van der Waals surface area contributed by atoms with Crippen molar-refractivity contribution in [2.45, 2.75) is 0 Å². The molecule has 2 N–H and O–H groups in total. The van der Waals surface area contributed by atoms with Crippen molar-refractivity contribution in [2.24, 2.45) is 0 Å². The minimum atomic E-state index is -3.51. The number of hydrogen-bond acceptors (Lipinski definition) is 17. The van der Waals surface area contributed by atoms with Gasteiger partial charge in [-0.2, -0.15) is 0 Å². The number of hydrogen-bond donors (Lipinski definition) is 0.